The van der Waals surface area contributed by atoms with Gasteiger partial charge in [0.05, 0.1) is 17.1 Å². The molecule has 0 saturated carbocycles. The Hall–Kier alpha value is -2.28. The van der Waals surface area contributed by atoms with Gasteiger partial charge in [-0.3, -0.25) is 4.79 Å². The molecule has 0 unspecified atom stereocenters. The Morgan fingerprint density at radius 1 is 1.30 bits per heavy atom. The van der Waals surface area contributed by atoms with Crippen LogP contribution >= 0.6 is 11.3 Å². The zero-order valence-corrected chi connectivity index (χ0v) is 13.6. The van der Waals surface area contributed by atoms with Gasteiger partial charge in [0.15, 0.2) is 0 Å². The standard InChI is InChI=1S/C16H17FN2O3S/c1-16(2,15(21)22)19-13(20)8-12-9-23-14(18-12)7-10-3-5-11(17)6-4-10/h3-6,9H,7-8H2,1-2H3,(H,19,20)(H,21,22). The molecule has 2 rings (SSSR count). The van der Waals surface area contributed by atoms with Crippen LogP contribution in [0.1, 0.15) is 30.1 Å². The molecule has 0 fully saturated rings. The molecule has 5 nitrogen and oxygen atoms in total. The lowest BCUT2D eigenvalue weighted by Gasteiger charge is -2.20. The number of nitrogens with zero attached hydrogens (tertiary/aromatic N) is 1. The molecule has 1 aromatic heterocycles. The monoisotopic (exact) mass is 336 g/mol. The number of carboxylic acid groups (broad SMARTS) is 1. The number of thiazole rings is 1. The minimum absolute atomic E-state index is 0.0244. The minimum atomic E-state index is -1.32. The molecule has 2 aromatic rings. The number of benzene rings is 1. The SMILES string of the molecule is CC(C)(NC(=O)Cc1csc(Cc2ccc(F)cc2)n1)C(=O)O. The predicted octanol–water partition coefficient (Wildman–Crippen LogP) is 2.39. The number of hydrogen-bond acceptors (Lipinski definition) is 4. The number of amides is 1. The molecule has 1 aromatic carbocycles. The summed E-state index contributed by atoms with van der Waals surface area (Å²) in [4.78, 5) is 27.2. The van der Waals surface area contributed by atoms with Gasteiger partial charge in [0.2, 0.25) is 5.91 Å². The summed E-state index contributed by atoms with van der Waals surface area (Å²) in [5, 5.41) is 14.0. The van der Waals surface area contributed by atoms with Crippen LogP contribution in [-0.2, 0) is 22.4 Å². The number of hydrogen-bond donors (Lipinski definition) is 2. The van der Waals surface area contributed by atoms with Gasteiger partial charge >= 0.3 is 5.97 Å². The van der Waals surface area contributed by atoms with E-state index in [9.17, 15) is 14.0 Å². The lowest BCUT2D eigenvalue weighted by molar-refractivity contribution is -0.145. The van der Waals surface area contributed by atoms with Crippen molar-refractivity contribution in [2.45, 2.75) is 32.2 Å². The smallest absolute Gasteiger partial charge is 0.328 e. The van der Waals surface area contributed by atoms with E-state index in [0.717, 1.165) is 10.6 Å². The van der Waals surface area contributed by atoms with E-state index in [4.69, 9.17) is 5.11 Å². The number of aliphatic carboxylic acids is 1. The molecule has 0 atom stereocenters. The maximum Gasteiger partial charge on any atom is 0.328 e. The van der Waals surface area contributed by atoms with Crippen LogP contribution in [-0.4, -0.2) is 27.5 Å². The first-order chi connectivity index (χ1) is 10.8. The second-order valence-electron chi connectivity index (χ2n) is 5.69. The maximum absolute atomic E-state index is 12.9. The molecule has 7 heteroatoms. The fourth-order valence-corrected chi connectivity index (χ4v) is 2.73. The van der Waals surface area contributed by atoms with Gasteiger partial charge in [-0.25, -0.2) is 14.2 Å². The van der Waals surface area contributed by atoms with E-state index in [1.54, 1.807) is 17.5 Å². The maximum atomic E-state index is 12.9. The third kappa shape index (κ3) is 4.85. The van der Waals surface area contributed by atoms with E-state index in [2.05, 4.69) is 10.3 Å². The molecule has 0 aliphatic heterocycles. The Morgan fingerprint density at radius 3 is 2.57 bits per heavy atom. The Labute approximate surface area is 137 Å². The Kier molecular flexibility index (Phi) is 5.10. The summed E-state index contributed by atoms with van der Waals surface area (Å²) in [5.74, 6) is -1.77. The van der Waals surface area contributed by atoms with Crippen molar-refractivity contribution in [2.24, 2.45) is 0 Å². The van der Waals surface area contributed by atoms with Crippen LogP contribution in [0, 0.1) is 5.82 Å². The number of aromatic nitrogens is 1. The van der Waals surface area contributed by atoms with Crippen LogP contribution in [0.4, 0.5) is 4.39 Å². The largest absolute Gasteiger partial charge is 0.480 e. The quantitative estimate of drug-likeness (QED) is 0.849. The molecule has 1 amide bonds. The summed E-state index contributed by atoms with van der Waals surface area (Å²) in [6, 6.07) is 6.17. The highest BCUT2D eigenvalue weighted by Crippen LogP contribution is 2.16. The Morgan fingerprint density at radius 2 is 1.96 bits per heavy atom. The van der Waals surface area contributed by atoms with Crippen LogP contribution in [0.2, 0.25) is 0 Å². The molecular formula is C16H17FN2O3S. The summed E-state index contributed by atoms with van der Waals surface area (Å²) in [6.07, 6.45) is 0.587. The average Bonchev–Trinajstić information content (AvgIpc) is 2.87. The number of halogens is 1. The van der Waals surface area contributed by atoms with Crippen molar-refractivity contribution in [3.05, 3.63) is 51.7 Å². The molecule has 0 bridgehead atoms. The van der Waals surface area contributed by atoms with E-state index in [1.165, 1.54) is 37.3 Å². The fourth-order valence-electron chi connectivity index (χ4n) is 1.90. The van der Waals surface area contributed by atoms with E-state index >= 15 is 0 Å². The first-order valence-corrected chi connectivity index (χ1v) is 7.86. The highest BCUT2D eigenvalue weighted by atomic mass is 32.1. The number of carbonyl (C=O) groups is 2. The zero-order chi connectivity index (χ0) is 17.0. The van der Waals surface area contributed by atoms with E-state index in [0.29, 0.717) is 12.1 Å². The van der Waals surface area contributed by atoms with Crippen LogP contribution in [0.25, 0.3) is 0 Å². The van der Waals surface area contributed by atoms with Crippen molar-refractivity contribution in [1.82, 2.24) is 10.3 Å². The molecule has 0 radical (unpaired) electrons. The zero-order valence-electron chi connectivity index (χ0n) is 12.8. The number of nitrogens with one attached hydrogen (secondary N) is 1. The van der Waals surface area contributed by atoms with Gasteiger partial charge < -0.3 is 10.4 Å². The first-order valence-electron chi connectivity index (χ1n) is 6.98. The second-order valence-corrected chi connectivity index (χ2v) is 6.63. The summed E-state index contributed by atoms with van der Waals surface area (Å²) < 4.78 is 12.9. The van der Waals surface area contributed by atoms with Crippen molar-refractivity contribution in [3.63, 3.8) is 0 Å². The average molecular weight is 336 g/mol. The molecule has 122 valence electrons. The summed E-state index contributed by atoms with van der Waals surface area (Å²) >= 11 is 1.41. The van der Waals surface area contributed by atoms with Gasteiger partial charge in [-0.15, -0.1) is 11.3 Å². The van der Waals surface area contributed by atoms with E-state index < -0.39 is 17.4 Å². The van der Waals surface area contributed by atoms with Gasteiger partial charge in [0, 0.05) is 11.8 Å². The fraction of sp³-hybridized carbons (Fsp3) is 0.312. The molecule has 0 aliphatic carbocycles. The molecule has 1 heterocycles. The molecule has 0 spiro atoms. The van der Waals surface area contributed by atoms with Gasteiger partial charge in [-0.05, 0) is 31.5 Å². The second kappa shape index (κ2) is 6.87. The molecular weight excluding hydrogens is 319 g/mol. The number of carboxylic acids is 1. The van der Waals surface area contributed by atoms with E-state index in [-0.39, 0.29) is 12.2 Å². The van der Waals surface area contributed by atoms with Gasteiger partial charge in [-0.2, -0.15) is 0 Å². The minimum Gasteiger partial charge on any atom is -0.480 e. The van der Waals surface area contributed by atoms with Crippen LogP contribution < -0.4 is 5.32 Å². The Bertz CT molecular complexity index is 710. The molecule has 2 N–H and O–H groups in total. The van der Waals surface area contributed by atoms with E-state index in [1.807, 2.05) is 0 Å². The van der Waals surface area contributed by atoms with Crippen molar-refractivity contribution >= 4 is 23.2 Å². The normalized spacial score (nSPS) is 11.3. The van der Waals surface area contributed by atoms with Gasteiger partial charge in [-0.1, -0.05) is 12.1 Å². The van der Waals surface area contributed by atoms with Crippen molar-refractivity contribution in [3.8, 4) is 0 Å². The third-order valence-corrected chi connectivity index (χ3v) is 4.09. The highest BCUT2D eigenvalue weighted by Gasteiger charge is 2.28. The third-order valence-electron chi connectivity index (χ3n) is 3.20. The molecule has 23 heavy (non-hydrogen) atoms. The molecule has 0 aliphatic rings. The molecule has 0 saturated heterocycles. The topological polar surface area (TPSA) is 79.3 Å². The number of rotatable bonds is 6. The van der Waals surface area contributed by atoms with Gasteiger partial charge in [0.1, 0.15) is 11.4 Å². The first kappa shape index (κ1) is 17.1. The Balaban J connectivity index is 1.95. The highest BCUT2D eigenvalue weighted by molar-refractivity contribution is 7.09. The van der Waals surface area contributed by atoms with Crippen LogP contribution in [0.15, 0.2) is 29.6 Å². The summed E-state index contributed by atoms with van der Waals surface area (Å²) in [7, 11) is 0. The van der Waals surface area contributed by atoms with Gasteiger partial charge in [0.25, 0.3) is 0 Å². The number of carbonyl (C=O) groups excluding carboxylic acids is 1. The van der Waals surface area contributed by atoms with Crippen LogP contribution in [0.5, 0.6) is 0 Å². The van der Waals surface area contributed by atoms with Crippen LogP contribution in [0.3, 0.4) is 0 Å². The lowest BCUT2D eigenvalue weighted by atomic mass is 10.1. The van der Waals surface area contributed by atoms with Crippen molar-refractivity contribution in [2.75, 3.05) is 0 Å². The summed E-state index contributed by atoms with van der Waals surface area (Å²) in [6.45, 7) is 2.85. The predicted molar refractivity (Wildman–Crippen MR) is 84.9 cm³/mol. The summed E-state index contributed by atoms with van der Waals surface area (Å²) in [5.41, 5.74) is 0.207. The van der Waals surface area contributed by atoms with Crippen molar-refractivity contribution in [1.29, 1.82) is 0 Å². The van der Waals surface area contributed by atoms with Crippen molar-refractivity contribution < 1.29 is 19.1 Å². The lowest BCUT2D eigenvalue weighted by Crippen LogP contribution is -2.50.